The minimum atomic E-state index is -0.306. The molecule has 2 rings (SSSR count). The lowest BCUT2D eigenvalue weighted by Gasteiger charge is -2.05. The van der Waals surface area contributed by atoms with Gasteiger partial charge in [-0.2, -0.15) is 0 Å². The minimum absolute atomic E-state index is 0.273. The van der Waals surface area contributed by atoms with E-state index >= 15 is 0 Å². The molecule has 2 aromatic carbocycles. The van der Waals surface area contributed by atoms with E-state index in [9.17, 15) is 4.79 Å². The topological polar surface area (TPSA) is 26.3 Å². The highest BCUT2D eigenvalue weighted by Gasteiger charge is 2.05. The molecule has 0 N–H and O–H groups in total. The lowest BCUT2D eigenvalue weighted by Crippen LogP contribution is -2.04. The lowest BCUT2D eigenvalue weighted by molar-refractivity contribution is 0.0472. The van der Waals surface area contributed by atoms with Gasteiger partial charge in [-0.25, -0.2) is 4.79 Å². The van der Waals surface area contributed by atoms with E-state index in [0.29, 0.717) is 5.56 Å². The summed E-state index contributed by atoms with van der Waals surface area (Å²) in [7, 11) is 0. The first kappa shape index (κ1) is 12.1. The molecule has 0 fully saturated rings. The summed E-state index contributed by atoms with van der Waals surface area (Å²) in [5, 5.41) is 0. The number of carbonyl (C=O) groups is 1. The second-order valence-corrected chi connectivity index (χ2v) is 3.89. The van der Waals surface area contributed by atoms with E-state index in [4.69, 9.17) is 4.74 Å². The largest absolute Gasteiger partial charge is 0.457 e. The second-order valence-electron chi connectivity index (χ2n) is 3.89. The highest BCUT2D eigenvalue weighted by molar-refractivity contribution is 5.89. The molecule has 0 aromatic heterocycles. The summed E-state index contributed by atoms with van der Waals surface area (Å²) < 4.78 is 5.24. The molecule has 0 aliphatic heterocycles. The van der Waals surface area contributed by atoms with Crippen LogP contribution in [0.3, 0.4) is 0 Å². The van der Waals surface area contributed by atoms with E-state index in [2.05, 4.69) is 6.58 Å². The van der Waals surface area contributed by atoms with Gasteiger partial charge >= 0.3 is 5.97 Å². The first-order chi connectivity index (χ1) is 8.79. The van der Waals surface area contributed by atoms with Gasteiger partial charge in [-0.05, 0) is 29.3 Å². The fourth-order valence-corrected chi connectivity index (χ4v) is 1.62. The van der Waals surface area contributed by atoms with Crippen molar-refractivity contribution in [3.05, 3.63) is 77.9 Å². The molecule has 90 valence electrons. The maximum atomic E-state index is 11.7. The van der Waals surface area contributed by atoms with Crippen LogP contribution >= 0.6 is 0 Å². The first-order valence-electron chi connectivity index (χ1n) is 5.73. The fraction of sp³-hybridized carbons (Fsp3) is 0.0625. The van der Waals surface area contributed by atoms with Gasteiger partial charge in [-0.15, -0.1) is 0 Å². The van der Waals surface area contributed by atoms with Gasteiger partial charge in [0.25, 0.3) is 0 Å². The maximum absolute atomic E-state index is 11.7. The standard InChI is InChI=1S/C16H14O2/c1-2-13-7-6-8-14(11-13)12-18-16(17)15-9-4-3-5-10-15/h2-11H,1,12H2. The molecule has 2 aromatic rings. The van der Waals surface area contributed by atoms with E-state index in [0.717, 1.165) is 11.1 Å². The molecule has 2 nitrogen and oxygen atoms in total. The van der Waals surface area contributed by atoms with Crippen molar-refractivity contribution >= 4 is 12.0 Å². The van der Waals surface area contributed by atoms with Crippen molar-refractivity contribution in [2.24, 2.45) is 0 Å². The van der Waals surface area contributed by atoms with Crippen LogP contribution in [0.5, 0.6) is 0 Å². The highest BCUT2D eigenvalue weighted by Crippen LogP contribution is 2.09. The fourth-order valence-electron chi connectivity index (χ4n) is 1.62. The Morgan fingerprint density at radius 3 is 2.61 bits per heavy atom. The van der Waals surface area contributed by atoms with Gasteiger partial charge in [-0.3, -0.25) is 0 Å². The third kappa shape index (κ3) is 3.08. The summed E-state index contributed by atoms with van der Waals surface area (Å²) in [4.78, 5) is 11.7. The summed E-state index contributed by atoms with van der Waals surface area (Å²) in [6, 6.07) is 16.7. The Balaban J connectivity index is 1.99. The molecule has 18 heavy (non-hydrogen) atoms. The maximum Gasteiger partial charge on any atom is 0.338 e. The van der Waals surface area contributed by atoms with Crippen molar-refractivity contribution in [1.82, 2.24) is 0 Å². The van der Waals surface area contributed by atoms with Crippen molar-refractivity contribution < 1.29 is 9.53 Å². The van der Waals surface area contributed by atoms with Crippen LogP contribution in [0.4, 0.5) is 0 Å². The van der Waals surface area contributed by atoms with E-state index in [1.54, 1.807) is 18.2 Å². The van der Waals surface area contributed by atoms with E-state index < -0.39 is 0 Å². The predicted molar refractivity (Wildman–Crippen MR) is 72.1 cm³/mol. The average Bonchev–Trinajstić information content (AvgIpc) is 2.46. The molecule has 0 saturated carbocycles. The summed E-state index contributed by atoms with van der Waals surface area (Å²) in [6.45, 7) is 3.98. The third-order valence-corrected chi connectivity index (χ3v) is 2.57. The molecular formula is C16H14O2. The van der Waals surface area contributed by atoms with Gasteiger partial charge in [0.1, 0.15) is 6.61 Å². The number of hydrogen-bond donors (Lipinski definition) is 0. The van der Waals surface area contributed by atoms with Crippen LogP contribution in [0, 0.1) is 0 Å². The summed E-state index contributed by atoms with van der Waals surface area (Å²) in [5.74, 6) is -0.306. The normalized spacial score (nSPS) is 9.78. The Morgan fingerprint density at radius 1 is 1.11 bits per heavy atom. The third-order valence-electron chi connectivity index (χ3n) is 2.57. The molecule has 0 atom stereocenters. The summed E-state index contributed by atoms with van der Waals surface area (Å²) in [6.07, 6.45) is 1.77. The van der Waals surface area contributed by atoms with E-state index in [1.165, 1.54) is 0 Å². The number of ether oxygens (including phenoxy) is 1. The van der Waals surface area contributed by atoms with Crippen LogP contribution < -0.4 is 0 Å². The van der Waals surface area contributed by atoms with Crippen LogP contribution in [0.1, 0.15) is 21.5 Å². The smallest absolute Gasteiger partial charge is 0.338 e. The van der Waals surface area contributed by atoms with Gasteiger partial charge < -0.3 is 4.74 Å². The van der Waals surface area contributed by atoms with E-state index in [-0.39, 0.29) is 12.6 Å². The van der Waals surface area contributed by atoms with Gasteiger partial charge in [0.05, 0.1) is 5.56 Å². The molecule has 0 amide bonds. The average molecular weight is 238 g/mol. The SMILES string of the molecule is C=Cc1cccc(COC(=O)c2ccccc2)c1. The number of esters is 1. The Kier molecular flexibility index (Phi) is 3.92. The number of benzene rings is 2. The Hall–Kier alpha value is -2.35. The molecular weight excluding hydrogens is 224 g/mol. The highest BCUT2D eigenvalue weighted by atomic mass is 16.5. The molecule has 0 heterocycles. The van der Waals surface area contributed by atoms with Crippen LogP contribution in [-0.2, 0) is 11.3 Å². The number of carbonyl (C=O) groups excluding carboxylic acids is 1. The van der Waals surface area contributed by atoms with Crippen molar-refractivity contribution in [3.8, 4) is 0 Å². The van der Waals surface area contributed by atoms with Gasteiger partial charge in [-0.1, -0.05) is 49.1 Å². The number of rotatable bonds is 4. The Bertz CT molecular complexity index is 544. The van der Waals surface area contributed by atoms with Crippen molar-refractivity contribution in [1.29, 1.82) is 0 Å². The Labute approximate surface area is 107 Å². The van der Waals surface area contributed by atoms with Crippen LogP contribution in [0.2, 0.25) is 0 Å². The van der Waals surface area contributed by atoms with Crippen LogP contribution in [0.15, 0.2) is 61.2 Å². The molecule has 2 heteroatoms. The molecule has 0 aliphatic carbocycles. The molecule has 0 saturated heterocycles. The number of hydrogen-bond acceptors (Lipinski definition) is 2. The van der Waals surface area contributed by atoms with Gasteiger partial charge in [0.2, 0.25) is 0 Å². The van der Waals surface area contributed by atoms with E-state index in [1.807, 2.05) is 42.5 Å². The van der Waals surface area contributed by atoms with Crippen LogP contribution in [0.25, 0.3) is 6.08 Å². The van der Waals surface area contributed by atoms with Gasteiger partial charge in [0.15, 0.2) is 0 Å². The van der Waals surface area contributed by atoms with Crippen LogP contribution in [-0.4, -0.2) is 5.97 Å². The lowest BCUT2D eigenvalue weighted by atomic mass is 10.1. The molecule has 0 unspecified atom stereocenters. The van der Waals surface area contributed by atoms with Crippen molar-refractivity contribution in [3.63, 3.8) is 0 Å². The predicted octanol–water partition coefficient (Wildman–Crippen LogP) is 3.69. The van der Waals surface area contributed by atoms with Gasteiger partial charge in [0, 0.05) is 0 Å². The van der Waals surface area contributed by atoms with Crippen molar-refractivity contribution in [2.75, 3.05) is 0 Å². The first-order valence-corrected chi connectivity index (χ1v) is 5.73. The minimum Gasteiger partial charge on any atom is -0.457 e. The Morgan fingerprint density at radius 2 is 1.89 bits per heavy atom. The molecule has 0 spiro atoms. The zero-order valence-corrected chi connectivity index (χ0v) is 10.0. The zero-order chi connectivity index (χ0) is 12.8. The molecule has 0 radical (unpaired) electrons. The quantitative estimate of drug-likeness (QED) is 0.759. The zero-order valence-electron chi connectivity index (χ0n) is 10.0. The molecule has 0 aliphatic rings. The summed E-state index contributed by atoms with van der Waals surface area (Å²) >= 11 is 0. The van der Waals surface area contributed by atoms with Crippen molar-refractivity contribution in [2.45, 2.75) is 6.61 Å². The molecule has 0 bridgehead atoms. The summed E-state index contributed by atoms with van der Waals surface area (Å²) in [5.41, 5.74) is 2.54. The second kappa shape index (κ2) is 5.82. The monoisotopic (exact) mass is 238 g/mol.